The molecule has 2 nitrogen and oxygen atoms in total. The Balaban J connectivity index is 2.48. The molecule has 0 unspecified atom stereocenters. The van der Waals surface area contributed by atoms with Gasteiger partial charge in [0.2, 0.25) is 0 Å². The summed E-state index contributed by atoms with van der Waals surface area (Å²) in [5, 5.41) is 10.5. The lowest BCUT2D eigenvalue weighted by molar-refractivity contribution is -0.297. The van der Waals surface area contributed by atoms with Gasteiger partial charge in [-0.25, -0.2) is 0 Å². The molecule has 2 rings (SSSR count). The molecule has 0 aromatic heterocycles. The molecule has 3 heteroatoms. The predicted octanol–water partition coefficient (Wildman–Crippen LogP) is 2.88. The predicted molar refractivity (Wildman–Crippen MR) is 73.6 cm³/mol. The number of benzene rings is 2. The zero-order valence-corrected chi connectivity index (χ0v) is 11.1. The van der Waals surface area contributed by atoms with Crippen LogP contribution in [-0.2, 0) is 4.79 Å². The highest BCUT2D eigenvalue weighted by Gasteiger charge is 2.02. The molecule has 0 aliphatic heterocycles. The van der Waals surface area contributed by atoms with Crippen molar-refractivity contribution < 1.29 is 9.90 Å². The van der Waals surface area contributed by atoms with Crippen molar-refractivity contribution in [2.45, 2.75) is 0 Å². The van der Waals surface area contributed by atoms with E-state index in [2.05, 4.69) is 15.9 Å². The zero-order valence-electron chi connectivity index (χ0n) is 9.47. The van der Waals surface area contributed by atoms with E-state index in [0.717, 1.165) is 27.2 Å². The summed E-state index contributed by atoms with van der Waals surface area (Å²) in [7, 11) is 0. The summed E-state index contributed by atoms with van der Waals surface area (Å²) in [5.41, 5.74) is 2.86. The monoisotopic (exact) mass is 301 g/mol. The van der Waals surface area contributed by atoms with Crippen LogP contribution in [0.5, 0.6) is 0 Å². The molecular formula is C15H10BrO2-. The number of halogens is 1. The quantitative estimate of drug-likeness (QED) is 0.818. The van der Waals surface area contributed by atoms with E-state index >= 15 is 0 Å². The fourth-order valence-corrected chi connectivity index (χ4v) is 2.12. The summed E-state index contributed by atoms with van der Waals surface area (Å²) in [6.45, 7) is 0. The molecule has 0 aliphatic carbocycles. The second kappa shape index (κ2) is 5.65. The van der Waals surface area contributed by atoms with E-state index in [1.807, 2.05) is 48.5 Å². The normalized spacial score (nSPS) is 10.7. The number of carboxylic acids is 1. The highest BCUT2D eigenvalue weighted by Crippen LogP contribution is 2.26. The first-order valence-electron chi connectivity index (χ1n) is 5.41. The van der Waals surface area contributed by atoms with Crippen molar-refractivity contribution in [2.75, 3.05) is 0 Å². The Morgan fingerprint density at radius 1 is 1.11 bits per heavy atom. The van der Waals surface area contributed by atoms with Crippen molar-refractivity contribution >= 4 is 28.0 Å². The maximum atomic E-state index is 10.5. The average Bonchev–Trinajstić information content (AvgIpc) is 2.36. The lowest BCUT2D eigenvalue weighted by Crippen LogP contribution is -2.18. The van der Waals surface area contributed by atoms with Gasteiger partial charge in [0.1, 0.15) is 0 Å². The number of carboxylic acid groups (broad SMARTS) is 1. The lowest BCUT2D eigenvalue weighted by Gasteiger charge is -2.07. The van der Waals surface area contributed by atoms with Crippen molar-refractivity contribution in [3.8, 4) is 11.1 Å². The number of hydrogen-bond donors (Lipinski definition) is 0. The second-order valence-corrected chi connectivity index (χ2v) is 4.67. The van der Waals surface area contributed by atoms with E-state index in [1.165, 1.54) is 0 Å². The molecule has 0 bridgehead atoms. The van der Waals surface area contributed by atoms with Crippen molar-refractivity contribution in [1.82, 2.24) is 0 Å². The summed E-state index contributed by atoms with van der Waals surface area (Å²) in [4.78, 5) is 10.5. The molecule has 0 spiro atoms. The second-order valence-electron chi connectivity index (χ2n) is 3.75. The molecule has 18 heavy (non-hydrogen) atoms. The lowest BCUT2D eigenvalue weighted by atomic mass is 9.99. The molecule has 90 valence electrons. The van der Waals surface area contributed by atoms with Gasteiger partial charge >= 0.3 is 0 Å². The number of carbonyl (C=O) groups excluding carboxylic acids is 1. The van der Waals surface area contributed by atoms with Crippen LogP contribution in [0.25, 0.3) is 17.2 Å². The summed E-state index contributed by atoms with van der Waals surface area (Å²) in [5.74, 6) is -1.20. The molecule has 0 saturated carbocycles. The van der Waals surface area contributed by atoms with Crippen molar-refractivity contribution in [3.05, 3.63) is 64.6 Å². The van der Waals surface area contributed by atoms with Crippen LogP contribution in [0, 0.1) is 0 Å². The van der Waals surface area contributed by atoms with Crippen molar-refractivity contribution in [3.63, 3.8) is 0 Å². The van der Waals surface area contributed by atoms with E-state index in [4.69, 9.17) is 0 Å². The van der Waals surface area contributed by atoms with Gasteiger partial charge in [-0.2, -0.15) is 0 Å². The van der Waals surface area contributed by atoms with Gasteiger partial charge in [-0.15, -0.1) is 0 Å². The standard InChI is InChI=1S/C15H11BrO2/c16-13-6-3-5-12(10-13)14-7-2-1-4-11(14)8-9-15(17)18/h1-10H,(H,17,18)/p-1/b9-8+. The number of carbonyl (C=O) groups is 1. The minimum atomic E-state index is -1.20. The summed E-state index contributed by atoms with van der Waals surface area (Å²) in [6, 6.07) is 15.5. The van der Waals surface area contributed by atoms with E-state index in [9.17, 15) is 9.90 Å². The molecule has 0 N–H and O–H groups in total. The van der Waals surface area contributed by atoms with Gasteiger partial charge in [0.15, 0.2) is 0 Å². The number of hydrogen-bond acceptors (Lipinski definition) is 2. The number of aliphatic carboxylic acids is 1. The fourth-order valence-electron chi connectivity index (χ4n) is 1.72. The topological polar surface area (TPSA) is 40.1 Å². The smallest absolute Gasteiger partial charge is 0.0643 e. The van der Waals surface area contributed by atoms with Crippen molar-refractivity contribution in [2.24, 2.45) is 0 Å². The van der Waals surface area contributed by atoms with E-state index in [0.29, 0.717) is 0 Å². The average molecular weight is 302 g/mol. The van der Waals surface area contributed by atoms with Gasteiger partial charge in [0.25, 0.3) is 0 Å². The van der Waals surface area contributed by atoms with Gasteiger partial charge in [0.05, 0.1) is 5.97 Å². The first kappa shape index (κ1) is 12.6. The van der Waals surface area contributed by atoms with Crippen LogP contribution in [0.2, 0.25) is 0 Å². The first-order chi connectivity index (χ1) is 8.66. The van der Waals surface area contributed by atoms with E-state index in [-0.39, 0.29) is 0 Å². The molecule has 0 fully saturated rings. The molecule has 0 radical (unpaired) electrons. The van der Waals surface area contributed by atoms with Gasteiger partial charge in [-0.1, -0.05) is 58.4 Å². The van der Waals surface area contributed by atoms with E-state index < -0.39 is 5.97 Å². The van der Waals surface area contributed by atoms with Gasteiger partial charge < -0.3 is 9.90 Å². The Bertz CT molecular complexity index is 603. The third-order valence-electron chi connectivity index (χ3n) is 2.50. The maximum absolute atomic E-state index is 10.5. The van der Waals surface area contributed by atoms with Crippen LogP contribution < -0.4 is 5.11 Å². The first-order valence-corrected chi connectivity index (χ1v) is 6.20. The zero-order chi connectivity index (χ0) is 13.0. The maximum Gasteiger partial charge on any atom is 0.0643 e. The van der Waals surface area contributed by atoms with E-state index in [1.54, 1.807) is 6.08 Å². The molecule has 0 amide bonds. The fraction of sp³-hybridized carbons (Fsp3) is 0. The third kappa shape index (κ3) is 3.08. The SMILES string of the molecule is O=C([O-])/C=C/c1ccccc1-c1cccc(Br)c1. The van der Waals surface area contributed by atoms with Crippen LogP contribution in [0.15, 0.2) is 59.1 Å². The van der Waals surface area contributed by atoms with Crippen LogP contribution in [0.1, 0.15) is 5.56 Å². The Morgan fingerprint density at radius 3 is 2.61 bits per heavy atom. The molecule has 0 heterocycles. The largest absolute Gasteiger partial charge is 0.545 e. The minimum absolute atomic E-state index is 0.847. The summed E-state index contributed by atoms with van der Waals surface area (Å²) >= 11 is 3.42. The highest BCUT2D eigenvalue weighted by atomic mass is 79.9. The highest BCUT2D eigenvalue weighted by molar-refractivity contribution is 9.10. The van der Waals surface area contributed by atoms with Crippen LogP contribution in [0.4, 0.5) is 0 Å². The molecule has 0 atom stereocenters. The molecule has 2 aromatic rings. The van der Waals surface area contributed by atoms with Crippen LogP contribution in [-0.4, -0.2) is 5.97 Å². The molecular weight excluding hydrogens is 292 g/mol. The van der Waals surface area contributed by atoms with Gasteiger partial charge in [-0.05, 0) is 34.9 Å². The van der Waals surface area contributed by atoms with Gasteiger partial charge in [0, 0.05) is 4.47 Å². The minimum Gasteiger partial charge on any atom is -0.545 e. The Labute approximate surface area is 114 Å². The van der Waals surface area contributed by atoms with Crippen molar-refractivity contribution in [1.29, 1.82) is 0 Å². The molecule has 0 saturated heterocycles. The Morgan fingerprint density at radius 2 is 1.89 bits per heavy atom. The van der Waals surface area contributed by atoms with Crippen LogP contribution >= 0.6 is 15.9 Å². The van der Waals surface area contributed by atoms with Gasteiger partial charge in [-0.3, -0.25) is 0 Å². The molecule has 0 aliphatic rings. The Kier molecular flexibility index (Phi) is 3.95. The van der Waals surface area contributed by atoms with Crippen LogP contribution in [0.3, 0.4) is 0 Å². The molecule has 2 aromatic carbocycles. The summed E-state index contributed by atoms with van der Waals surface area (Å²) < 4.78 is 0.985. The number of rotatable bonds is 3. The summed E-state index contributed by atoms with van der Waals surface area (Å²) in [6.07, 6.45) is 2.59. The Hall–Kier alpha value is -1.87. The third-order valence-corrected chi connectivity index (χ3v) is 2.99.